The molecule has 1 aromatic rings. The van der Waals surface area contributed by atoms with Gasteiger partial charge in [0.1, 0.15) is 0 Å². The van der Waals surface area contributed by atoms with Crippen LogP contribution < -0.4 is 5.32 Å². The predicted octanol–water partition coefficient (Wildman–Crippen LogP) is 3.71. The van der Waals surface area contributed by atoms with E-state index in [0.29, 0.717) is 11.4 Å². The van der Waals surface area contributed by atoms with Crippen LogP contribution in [0, 0.1) is 12.8 Å². The number of piperidine rings is 1. The van der Waals surface area contributed by atoms with Crippen LogP contribution in [-0.4, -0.2) is 30.4 Å². The number of benzene rings is 1. The van der Waals surface area contributed by atoms with Gasteiger partial charge in [-0.3, -0.25) is 4.79 Å². The fourth-order valence-corrected chi connectivity index (χ4v) is 2.88. The first-order valence-electron chi connectivity index (χ1n) is 7.33. The lowest BCUT2D eigenvalue weighted by molar-refractivity contribution is -0.116. The molecule has 0 saturated carbocycles. The molecule has 1 fully saturated rings. The molecule has 1 aromatic carbocycles. The number of amides is 1. The van der Waals surface area contributed by atoms with Crippen molar-refractivity contribution in [2.24, 2.45) is 5.92 Å². The molecule has 1 aliphatic heterocycles. The molecule has 0 spiro atoms. The van der Waals surface area contributed by atoms with Gasteiger partial charge in [-0.1, -0.05) is 24.6 Å². The fraction of sp³-hybridized carbons (Fsp3) is 0.562. The number of carbonyl (C=O) groups excluding carboxylic acids is 1. The van der Waals surface area contributed by atoms with E-state index in [2.05, 4.69) is 17.1 Å². The molecule has 3 nitrogen and oxygen atoms in total. The van der Waals surface area contributed by atoms with Crippen molar-refractivity contribution in [3.05, 3.63) is 28.8 Å². The Morgan fingerprint density at radius 1 is 1.50 bits per heavy atom. The Morgan fingerprint density at radius 3 is 3.05 bits per heavy atom. The summed E-state index contributed by atoms with van der Waals surface area (Å²) < 4.78 is 0. The maximum absolute atomic E-state index is 12.0. The van der Waals surface area contributed by atoms with E-state index in [-0.39, 0.29) is 5.91 Å². The van der Waals surface area contributed by atoms with Gasteiger partial charge in [0.25, 0.3) is 0 Å². The van der Waals surface area contributed by atoms with Crippen LogP contribution >= 0.6 is 11.6 Å². The minimum absolute atomic E-state index is 0.0635. The van der Waals surface area contributed by atoms with Crippen LogP contribution in [0.15, 0.2) is 18.2 Å². The molecule has 0 aromatic heterocycles. The standard InChI is InChI=1S/C16H23ClN2O/c1-12-5-4-9-19(11-12)10-8-16(20)18-15-7-3-6-14(17)13(15)2/h3,6-7,12H,4-5,8-11H2,1-2H3,(H,18,20)/t12-/m1/s1. The second-order valence-corrected chi connectivity index (χ2v) is 6.17. The van der Waals surface area contributed by atoms with Crippen LogP contribution in [0.1, 0.15) is 31.7 Å². The summed E-state index contributed by atoms with van der Waals surface area (Å²) in [5.74, 6) is 0.815. The zero-order valence-electron chi connectivity index (χ0n) is 12.3. The highest BCUT2D eigenvalue weighted by Crippen LogP contribution is 2.23. The molecular formula is C16H23ClN2O. The Balaban J connectivity index is 1.82. The lowest BCUT2D eigenvalue weighted by Gasteiger charge is -2.30. The summed E-state index contributed by atoms with van der Waals surface area (Å²) in [5, 5.41) is 3.64. The zero-order valence-corrected chi connectivity index (χ0v) is 13.0. The smallest absolute Gasteiger partial charge is 0.225 e. The monoisotopic (exact) mass is 294 g/mol. The van der Waals surface area contributed by atoms with Crippen LogP contribution in [0.4, 0.5) is 5.69 Å². The molecule has 1 aliphatic rings. The first kappa shape index (κ1) is 15.3. The maximum Gasteiger partial charge on any atom is 0.225 e. The van der Waals surface area contributed by atoms with Gasteiger partial charge in [0.2, 0.25) is 5.91 Å². The molecule has 0 aliphatic carbocycles. The van der Waals surface area contributed by atoms with Crippen molar-refractivity contribution < 1.29 is 4.79 Å². The van der Waals surface area contributed by atoms with E-state index in [4.69, 9.17) is 11.6 Å². The van der Waals surface area contributed by atoms with Crippen molar-refractivity contribution in [2.75, 3.05) is 25.0 Å². The van der Waals surface area contributed by atoms with Gasteiger partial charge in [-0.2, -0.15) is 0 Å². The molecule has 0 bridgehead atoms. The quantitative estimate of drug-likeness (QED) is 0.918. The van der Waals surface area contributed by atoms with Crippen molar-refractivity contribution in [2.45, 2.75) is 33.1 Å². The summed E-state index contributed by atoms with van der Waals surface area (Å²) in [6.07, 6.45) is 3.10. The largest absolute Gasteiger partial charge is 0.326 e. The van der Waals surface area contributed by atoms with Gasteiger partial charge in [-0.15, -0.1) is 0 Å². The minimum atomic E-state index is 0.0635. The van der Waals surface area contributed by atoms with E-state index in [0.717, 1.165) is 36.8 Å². The minimum Gasteiger partial charge on any atom is -0.326 e. The lowest BCUT2D eigenvalue weighted by atomic mass is 10.0. The molecule has 4 heteroatoms. The van der Waals surface area contributed by atoms with Crippen molar-refractivity contribution in [1.29, 1.82) is 0 Å². The van der Waals surface area contributed by atoms with E-state index in [1.54, 1.807) is 0 Å². The number of anilines is 1. The molecule has 1 amide bonds. The van der Waals surface area contributed by atoms with E-state index >= 15 is 0 Å². The number of likely N-dealkylation sites (tertiary alicyclic amines) is 1. The first-order valence-corrected chi connectivity index (χ1v) is 7.71. The molecule has 0 radical (unpaired) electrons. The molecule has 20 heavy (non-hydrogen) atoms. The third kappa shape index (κ3) is 4.22. The van der Waals surface area contributed by atoms with Crippen LogP contribution in [-0.2, 0) is 4.79 Å². The zero-order chi connectivity index (χ0) is 14.5. The summed E-state index contributed by atoms with van der Waals surface area (Å²) >= 11 is 6.05. The average Bonchev–Trinajstić information content (AvgIpc) is 2.42. The van der Waals surface area contributed by atoms with Crippen molar-refractivity contribution in [3.63, 3.8) is 0 Å². The number of hydrogen-bond acceptors (Lipinski definition) is 2. The Labute approximate surface area is 126 Å². The highest BCUT2D eigenvalue weighted by atomic mass is 35.5. The summed E-state index contributed by atoms with van der Waals surface area (Å²) in [6.45, 7) is 7.28. The molecule has 1 saturated heterocycles. The molecule has 1 N–H and O–H groups in total. The van der Waals surface area contributed by atoms with Gasteiger partial charge in [-0.25, -0.2) is 0 Å². The van der Waals surface area contributed by atoms with Gasteiger partial charge in [0, 0.05) is 30.2 Å². The number of carbonyl (C=O) groups is 1. The number of rotatable bonds is 4. The SMILES string of the molecule is Cc1c(Cl)cccc1NC(=O)CCN1CCC[C@@H](C)C1. The van der Waals surface area contributed by atoms with Crippen molar-refractivity contribution >= 4 is 23.2 Å². The van der Waals surface area contributed by atoms with Gasteiger partial charge in [0.05, 0.1) is 0 Å². The highest BCUT2D eigenvalue weighted by molar-refractivity contribution is 6.31. The van der Waals surface area contributed by atoms with E-state index in [1.165, 1.54) is 12.8 Å². The van der Waals surface area contributed by atoms with Crippen LogP contribution in [0.25, 0.3) is 0 Å². The van der Waals surface area contributed by atoms with Crippen molar-refractivity contribution in [1.82, 2.24) is 4.90 Å². The second-order valence-electron chi connectivity index (χ2n) is 5.76. The van der Waals surface area contributed by atoms with Gasteiger partial charge >= 0.3 is 0 Å². The summed E-state index contributed by atoms with van der Waals surface area (Å²) in [5.41, 5.74) is 1.74. The van der Waals surface area contributed by atoms with Crippen LogP contribution in [0.2, 0.25) is 5.02 Å². The first-order chi connectivity index (χ1) is 9.56. The van der Waals surface area contributed by atoms with Crippen molar-refractivity contribution in [3.8, 4) is 0 Å². The van der Waals surface area contributed by atoms with Gasteiger partial charge < -0.3 is 10.2 Å². The molecule has 110 valence electrons. The normalized spacial score (nSPS) is 19.9. The molecule has 2 rings (SSSR count). The third-order valence-corrected chi connectivity index (χ3v) is 4.35. The Morgan fingerprint density at radius 2 is 2.30 bits per heavy atom. The van der Waals surface area contributed by atoms with E-state index in [1.807, 2.05) is 25.1 Å². The predicted molar refractivity (Wildman–Crippen MR) is 84.3 cm³/mol. The highest BCUT2D eigenvalue weighted by Gasteiger charge is 2.17. The lowest BCUT2D eigenvalue weighted by Crippen LogP contribution is -2.36. The van der Waals surface area contributed by atoms with Crippen LogP contribution in [0.3, 0.4) is 0 Å². The van der Waals surface area contributed by atoms with Crippen LogP contribution in [0.5, 0.6) is 0 Å². The topological polar surface area (TPSA) is 32.3 Å². The van der Waals surface area contributed by atoms with Gasteiger partial charge in [-0.05, 0) is 49.9 Å². The number of nitrogens with zero attached hydrogens (tertiary/aromatic N) is 1. The number of hydrogen-bond donors (Lipinski definition) is 1. The molecule has 1 atom stereocenters. The molecule has 1 heterocycles. The number of halogens is 1. The fourth-order valence-electron chi connectivity index (χ4n) is 2.71. The average molecular weight is 295 g/mol. The summed E-state index contributed by atoms with van der Waals surface area (Å²) in [6, 6.07) is 5.58. The Bertz CT molecular complexity index is 476. The Hall–Kier alpha value is -1.06. The maximum atomic E-state index is 12.0. The third-order valence-electron chi connectivity index (χ3n) is 3.94. The molecule has 0 unspecified atom stereocenters. The van der Waals surface area contributed by atoms with E-state index in [9.17, 15) is 4.79 Å². The molecular weight excluding hydrogens is 272 g/mol. The summed E-state index contributed by atoms with van der Waals surface area (Å²) in [4.78, 5) is 14.4. The van der Waals surface area contributed by atoms with E-state index < -0.39 is 0 Å². The van der Waals surface area contributed by atoms with Gasteiger partial charge in [0.15, 0.2) is 0 Å². The Kier molecular flexibility index (Phi) is 5.44. The number of nitrogens with one attached hydrogen (secondary N) is 1. The summed E-state index contributed by atoms with van der Waals surface area (Å²) in [7, 11) is 0. The second kappa shape index (κ2) is 7.09.